The molecular weight excluding hydrogens is 244 g/mol. The van der Waals surface area contributed by atoms with Gasteiger partial charge in [-0.15, -0.1) is 0 Å². The summed E-state index contributed by atoms with van der Waals surface area (Å²) in [7, 11) is -1.95. The van der Waals surface area contributed by atoms with E-state index in [2.05, 4.69) is 41.5 Å². The van der Waals surface area contributed by atoms with Crippen molar-refractivity contribution < 1.29 is 14.3 Å². The van der Waals surface area contributed by atoms with E-state index in [0.29, 0.717) is 23.2 Å². The monoisotopic (exact) mass is 274 g/mol. The number of carboxylic acid groups (broad SMARTS) is 1. The molecular formula is C14H30O3Si. The first-order valence-corrected chi connectivity index (χ1v) is 8.99. The van der Waals surface area contributed by atoms with E-state index in [-0.39, 0.29) is 0 Å². The van der Waals surface area contributed by atoms with E-state index in [1.165, 1.54) is 0 Å². The minimum atomic E-state index is -1.95. The van der Waals surface area contributed by atoms with Crippen LogP contribution in [0.15, 0.2) is 0 Å². The lowest BCUT2D eigenvalue weighted by atomic mass is 9.96. The van der Waals surface area contributed by atoms with Gasteiger partial charge in [-0.2, -0.15) is 0 Å². The van der Waals surface area contributed by atoms with Crippen LogP contribution in [0.3, 0.4) is 0 Å². The summed E-state index contributed by atoms with van der Waals surface area (Å²) < 4.78 is 6.30. The Morgan fingerprint density at radius 2 is 1.39 bits per heavy atom. The van der Waals surface area contributed by atoms with Crippen molar-refractivity contribution in [2.45, 2.75) is 72.0 Å². The first kappa shape index (κ1) is 17.6. The Morgan fingerprint density at radius 1 is 1.06 bits per heavy atom. The largest absolute Gasteiger partial charge is 0.481 e. The van der Waals surface area contributed by atoms with Crippen LogP contribution in [-0.2, 0) is 9.22 Å². The van der Waals surface area contributed by atoms with Crippen LogP contribution in [0.1, 0.15) is 55.4 Å². The van der Waals surface area contributed by atoms with Gasteiger partial charge in [-0.3, -0.25) is 4.79 Å². The summed E-state index contributed by atoms with van der Waals surface area (Å²) in [5.41, 5.74) is 0.656. The highest BCUT2D eigenvalue weighted by Gasteiger charge is 2.46. The van der Waals surface area contributed by atoms with Crippen molar-refractivity contribution in [3.05, 3.63) is 0 Å². The molecule has 0 rings (SSSR count). The van der Waals surface area contributed by atoms with Gasteiger partial charge in [0.2, 0.25) is 0 Å². The lowest BCUT2D eigenvalue weighted by Crippen LogP contribution is -2.50. The topological polar surface area (TPSA) is 46.5 Å². The zero-order valence-electron chi connectivity index (χ0n) is 13.2. The van der Waals surface area contributed by atoms with Crippen molar-refractivity contribution in [2.24, 2.45) is 5.41 Å². The molecule has 4 heteroatoms. The molecule has 0 aromatic rings. The Morgan fingerprint density at radius 3 is 1.61 bits per heavy atom. The van der Waals surface area contributed by atoms with Crippen LogP contribution in [-0.4, -0.2) is 26.0 Å². The molecule has 0 aromatic carbocycles. The highest BCUT2D eigenvalue weighted by Crippen LogP contribution is 2.43. The molecule has 0 unspecified atom stereocenters. The van der Waals surface area contributed by atoms with Crippen molar-refractivity contribution in [1.29, 1.82) is 0 Å². The molecule has 0 spiro atoms. The van der Waals surface area contributed by atoms with E-state index in [1.54, 1.807) is 13.8 Å². The number of aliphatic carboxylic acids is 1. The third kappa shape index (κ3) is 3.57. The molecule has 108 valence electrons. The van der Waals surface area contributed by atoms with Crippen molar-refractivity contribution in [1.82, 2.24) is 0 Å². The van der Waals surface area contributed by atoms with Crippen LogP contribution in [0, 0.1) is 5.41 Å². The summed E-state index contributed by atoms with van der Waals surface area (Å²) in [5, 5.41) is 9.19. The molecule has 1 N–H and O–H groups in total. The van der Waals surface area contributed by atoms with E-state index in [4.69, 9.17) is 4.43 Å². The smallest absolute Gasteiger partial charge is 0.311 e. The maximum atomic E-state index is 11.2. The van der Waals surface area contributed by atoms with Crippen LogP contribution >= 0.6 is 0 Å². The van der Waals surface area contributed by atoms with Gasteiger partial charge >= 0.3 is 5.97 Å². The number of carbonyl (C=O) groups is 1. The molecule has 0 aliphatic carbocycles. The number of hydrogen-bond donors (Lipinski definition) is 1. The maximum absolute atomic E-state index is 11.2. The van der Waals surface area contributed by atoms with Crippen LogP contribution in [0.5, 0.6) is 0 Å². The first-order chi connectivity index (χ1) is 7.98. The van der Waals surface area contributed by atoms with Gasteiger partial charge in [-0.25, -0.2) is 0 Å². The van der Waals surface area contributed by atoms with Crippen molar-refractivity contribution >= 4 is 14.3 Å². The number of carboxylic acids is 1. The lowest BCUT2D eigenvalue weighted by molar-refractivity contribution is -0.148. The Hall–Kier alpha value is -0.353. The lowest BCUT2D eigenvalue weighted by Gasteiger charge is -2.43. The zero-order valence-corrected chi connectivity index (χ0v) is 14.2. The third-order valence-electron chi connectivity index (χ3n) is 3.97. The molecule has 0 saturated heterocycles. The fraction of sp³-hybridized carbons (Fsp3) is 0.929. The van der Waals surface area contributed by atoms with Gasteiger partial charge in [0.05, 0.1) is 5.41 Å². The third-order valence-corrected chi connectivity index (χ3v) is 10.0. The Labute approximate surface area is 113 Å². The van der Waals surface area contributed by atoms with Gasteiger partial charge in [-0.05, 0) is 30.5 Å². The SMILES string of the molecule is CC(C)[Si](OCC(C)(C)C(=O)O)(C(C)C)C(C)C. The van der Waals surface area contributed by atoms with E-state index in [9.17, 15) is 9.90 Å². The Kier molecular flexibility index (Phi) is 6.07. The van der Waals surface area contributed by atoms with Crippen LogP contribution in [0.25, 0.3) is 0 Å². The van der Waals surface area contributed by atoms with Gasteiger partial charge in [0.1, 0.15) is 0 Å². The molecule has 0 heterocycles. The maximum Gasteiger partial charge on any atom is 0.311 e. The van der Waals surface area contributed by atoms with Crippen LogP contribution in [0.2, 0.25) is 16.6 Å². The first-order valence-electron chi connectivity index (χ1n) is 6.85. The minimum absolute atomic E-state index is 0.309. The van der Waals surface area contributed by atoms with E-state index in [1.807, 2.05) is 0 Å². The van der Waals surface area contributed by atoms with Crippen LogP contribution in [0.4, 0.5) is 0 Å². The van der Waals surface area contributed by atoms with Crippen molar-refractivity contribution in [3.63, 3.8) is 0 Å². The van der Waals surface area contributed by atoms with Gasteiger partial charge < -0.3 is 9.53 Å². The van der Waals surface area contributed by atoms with E-state index >= 15 is 0 Å². The van der Waals surface area contributed by atoms with Crippen molar-refractivity contribution in [3.8, 4) is 0 Å². The van der Waals surface area contributed by atoms with E-state index < -0.39 is 19.7 Å². The number of hydrogen-bond acceptors (Lipinski definition) is 2. The average molecular weight is 274 g/mol. The van der Waals surface area contributed by atoms with Gasteiger partial charge in [0.25, 0.3) is 0 Å². The highest BCUT2D eigenvalue weighted by atomic mass is 28.4. The number of rotatable bonds is 7. The molecule has 3 nitrogen and oxygen atoms in total. The quantitative estimate of drug-likeness (QED) is 0.704. The molecule has 0 bridgehead atoms. The minimum Gasteiger partial charge on any atom is -0.481 e. The summed E-state index contributed by atoms with van der Waals surface area (Å²) in [4.78, 5) is 11.2. The van der Waals surface area contributed by atoms with Gasteiger partial charge in [0.15, 0.2) is 8.32 Å². The average Bonchev–Trinajstić information content (AvgIpc) is 2.15. The molecule has 0 amide bonds. The molecule has 0 radical (unpaired) electrons. The predicted molar refractivity (Wildman–Crippen MR) is 78.4 cm³/mol. The summed E-state index contributed by atoms with van der Waals surface area (Å²) in [6, 6.07) is 0. The van der Waals surface area contributed by atoms with Gasteiger partial charge in [-0.1, -0.05) is 41.5 Å². The summed E-state index contributed by atoms with van der Waals surface area (Å²) in [6.07, 6.45) is 0. The Balaban J connectivity index is 5.09. The molecule has 0 aliphatic rings. The predicted octanol–water partition coefficient (Wildman–Crippen LogP) is 4.29. The molecule has 0 saturated carbocycles. The van der Waals surface area contributed by atoms with Gasteiger partial charge in [0, 0.05) is 6.61 Å². The fourth-order valence-corrected chi connectivity index (χ4v) is 8.48. The second-order valence-electron chi connectivity index (χ2n) is 6.80. The van der Waals surface area contributed by atoms with E-state index in [0.717, 1.165) is 0 Å². The summed E-state index contributed by atoms with van der Waals surface area (Å²) in [5.74, 6) is -0.790. The normalized spacial score (nSPS) is 13.7. The standard InChI is InChI=1S/C14H30O3Si/c1-10(2)18(11(3)4,12(5)6)17-9-14(7,8)13(15)16/h10-12H,9H2,1-8H3,(H,15,16). The molecule has 18 heavy (non-hydrogen) atoms. The fourth-order valence-electron chi connectivity index (χ4n) is 2.87. The second-order valence-corrected chi connectivity index (χ2v) is 12.3. The summed E-state index contributed by atoms with van der Waals surface area (Å²) in [6.45, 7) is 17.0. The zero-order chi connectivity index (χ0) is 14.7. The Bertz CT molecular complexity index is 261. The summed E-state index contributed by atoms with van der Waals surface area (Å²) >= 11 is 0. The molecule has 0 aliphatic heterocycles. The van der Waals surface area contributed by atoms with Crippen LogP contribution < -0.4 is 0 Å². The molecule has 0 aromatic heterocycles. The molecule has 0 fully saturated rings. The second kappa shape index (κ2) is 6.20. The molecule has 0 atom stereocenters. The highest BCUT2D eigenvalue weighted by molar-refractivity contribution is 6.77. The van der Waals surface area contributed by atoms with Crippen molar-refractivity contribution in [2.75, 3.05) is 6.61 Å².